The summed E-state index contributed by atoms with van der Waals surface area (Å²) < 4.78 is 27.7. The van der Waals surface area contributed by atoms with E-state index in [-0.39, 0.29) is 12.1 Å². The smallest absolute Gasteiger partial charge is 0.128 e. The quantitative estimate of drug-likeness (QED) is 0.773. The van der Waals surface area contributed by atoms with Crippen molar-refractivity contribution >= 4 is 0 Å². The molecule has 24 heavy (non-hydrogen) atoms. The molecular weight excluding hydrogens is 306 g/mol. The Hall–Kier alpha value is -1.94. The van der Waals surface area contributed by atoms with Crippen LogP contribution in [0, 0.1) is 11.6 Å². The highest BCUT2D eigenvalue weighted by Crippen LogP contribution is 2.46. The van der Waals surface area contributed by atoms with Gasteiger partial charge in [0.05, 0.1) is 17.8 Å². The summed E-state index contributed by atoms with van der Waals surface area (Å²) in [6.45, 7) is 15.8. The van der Waals surface area contributed by atoms with E-state index in [0.29, 0.717) is 5.56 Å². The normalized spacial score (nSPS) is 24.5. The van der Waals surface area contributed by atoms with Crippen LogP contribution in [0.15, 0.2) is 53.8 Å². The van der Waals surface area contributed by atoms with Crippen LogP contribution >= 0.6 is 0 Å². The maximum atomic E-state index is 14.2. The number of rotatable bonds is 3. The molecule has 0 amide bonds. The second kappa shape index (κ2) is 5.85. The molecule has 2 heterocycles. The molecule has 0 saturated carbocycles. The van der Waals surface area contributed by atoms with Crippen molar-refractivity contribution in [3.8, 4) is 0 Å². The molecular formula is C20H24F2N2. The topological polar surface area (TPSA) is 6.48 Å². The SMILES string of the molecule is C=C(C)C1=C(C)C2(C)CCCN2N(Cc2cc(F)ccc2F)C1=C. The van der Waals surface area contributed by atoms with Gasteiger partial charge in [-0.2, -0.15) is 0 Å². The molecule has 3 rings (SSSR count). The second-order valence-corrected chi connectivity index (χ2v) is 7.02. The number of hydrazine groups is 1. The highest BCUT2D eigenvalue weighted by atomic mass is 19.1. The first-order chi connectivity index (χ1) is 11.3. The third-order valence-corrected chi connectivity index (χ3v) is 5.43. The fourth-order valence-corrected chi connectivity index (χ4v) is 4.05. The maximum Gasteiger partial charge on any atom is 0.128 e. The van der Waals surface area contributed by atoms with Crippen LogP contribution in [0.25, 0.3) is 0 Å². The number of hydrogen-bond acceptors (Lipinski definition) is 2. The molecule has 1 unspecified atom stereocenters. The molecule has 1 aromatic carbocycles. The van der Waals surface area contributed by atoms with Crippen LogP contribution in [0.1, 0.15) is 39.2 Å². The van der Waals surface area contributed by atoms with Gasteiger partial charge >= 0.3 is 0 Å². The van der Waals surface area contributed by atoms with Gasteiger partial charge in [0.25, 0.3) is 0 Å². The van der Waals surface area contributed by atoms with Gasteiger partial charge in [0, 0.05) is 17.7 Å². The summed E-state index contributed by atoms with van der Waals surface area (Å²) in [4.78, 5) is 0. The molecule has 0 bridgehead atoms. The highest BCUT2D eigenvalue weighted by Gasteiger charge is 2.46. The Kier molecular flexibility index (Phi) is 4.12. The lowest BCUT2D eigenvalue weighted by molar-refractivity contribution is -0.0488. The summed E-state index contributed by atoms with van der Waals surface area (Å²) in [5.74, 6) is -0.821. The molecule has 4 heteroatoms. The van der Waals surface area contributed by atoms with E-state index in [4.69, 9.17) is 0 Å². The van der Waals surface area contributed by atoms with Gasteiger partial charge in [-0.25, -0.2) is 13.8 Å². The van der Waals surface area contributed by atoms with E-state index < -0.39 is 11.6 Å². The van der Waals surface area contributed by atoms with Crippen LogP contribution in [0.3, 0.4) is 0 Å². The van der Waals surface area contributed by atoms with Crippen molar-refractivity contribution in [2.45, 2.75) is 45.7 Å². The van der Waals surface area contributed by atoms with Crippen LogP contribution in [0.5, 0.6) is 0 Å². The van der Waals surface area contributed by atoms with Gasteiger partial charge < -0.3 is 5.01 Å². The van der Waals surface area contributed by atoms with Crippen LogP contribution in [0.4, 0.5) is 8.78 Å². The first-order valence-electron chi connectivity index (χ1n) is 8.31. The molecule has 1 saturated heterocycles. The number of halogens is 2. The van der Waals surface area contributed by atoms with Crippen molar-refractivity contribution in [3.05, 3.63) is 71.0 Å². The van der Waals surface area contributed by atoms with Crippen molar-refractivity contribution in [3.63, 3.8) is 0 Å². The number of allylic oxidation sites excluding steroid dienone is 1. The Balaban J connectivity index is 2.06. The highest BCUT2D eigenvalue weighted by molar-refractivity contribution is 5.51. The van der Waals surface area contributed by atoms with E-state index in [1.165, 1.54) is 17.7 Å². The fraction of sp³-hybridized carbons (Fsp3) is 0.400. The average Bonchev–Trinajstić information content (AvgIpc) is 2.90. The zero-order valence-corrected chi connectivity index (χ0v) is 14.6. The van der Waals surface area contributed by atoms with Crippen molar-refractivity contribution in [2.75, 3.05) is 6.54 Å². The third kappa shape index (κ3) is 2.49. The second-order valence-electron chi connectivity index (χ2n) is 7.02. The minimum absolute atomic E-state index is 0.126. The van der Waals surface area contributed by atoms with Crippen LogP contribution in [-0.4, -0.2) is 22.1 Å². The van der Waals surface area contributed by atoms with E-state index >= 15 is 0 Å². The number of hydrogen-bond donors (Lipinski definition) is 0. The summed E-state index contributed by atoms with van der Waals surface area (Å²) in [7, 11) is 0. The van der Waals surface area contributed by atoms with E-state index in [1.807, 2.05) is 11.9 Å². The molecule has 2 aliphatic heterocycles. The van der Waals surface area contributed by atoms with Gasteiger partial charge in [0.1, 0.15) is 11.6 Å². The lowest BCUT2D eigenvalue weighted by Gasteiger charge is -2.51. The molecule has 1 atom stereocenters. The number of fused-ring (bicyclic) bond motifs is 1. The Labute approximate surface area is 142 Å². The molecule has 2 aliphatic rings. The van der Waals surface area contributed by atoms with Gasteiger partial charge in [-0.1, -0.05) is 13.2 Å². The predicted octanol–water partition coefficient (Wildman–Crippen LogP) is 4.96. The van der Waals surface area contributed by atoms with Crippen LogP contribution in [0.2, 0.25) is 0 Å². The predicted molar refractivity (Wildman–Crippen MR) is 92.9 cm³/mol. The monoisotopic (exact) mass is 330 g/mol. The summed E-state index contributed by atoms with van der Waals surface area (Å²) in [6.07, 6.45) is 2.09. The van der Waals surface area contributed by atoms with Crippen molar-refractivity contribution < 1.29 is 8.78 Å². The Bertz CT molecular complexity index is 750. The van der Waals surface area contributed by atoms with Crippen molar-refractivity contribution in [1.29, 1.82) is 0 Å². The molecule has 1 aromatic rings. The molecule has 0 aliphatic carbocycles. The van der Waals surface area contributed by atoms with Gasteiger partial charge in [-0.05, 0) is 63.0 Å². The van der Waals surface area contributed by atoms with Crippen molar-refractivity contribution in [1.82, 2.24) is 10.0 Å². The average molecular weight is 330 g/mol. The molecule has 1 fully saturated rings. The zero-order valence-electron chi connectivity index (χ0n) is 14.6. The van der Waals surface area contributed by atoms with E-state index in [2.05, 4.69) is 32.0 Å². The molecule has 128 valence electrons. The van der Waals surface area contributed by atoms with Crippen LogP contribution in [-0.2, 0) is 6.54 Å². The Morgan fingerprint density at radius 2 is 2.04 bits per heavy atom. The Morgan fingerprint density at radius 1 is 1.33 bits per heavy atom. The lowest BCUT2D eigenvalue weighted by Crippen LogP contribution is -2.55. The van der Waals surface area contributed by atoms with Gasteiger partial charge in [0.2, 0.25) is 0 Å². The lowest BCUT2D eigenvalue weighted by atomic mass is 9.82. The minimum atomic E-state index is -0.426. The van der Waals surface area contributed by atoms with Crippen molar-refractivity contribution in [2.24, 2.45) is 0 Å². The zero-order chi connectivity index (χ0) is 17.6. The van der Waals surface area contributed by atoms with E-state index in [1.54, 1.807) is 0 Å². The molecule has 0 spiro atoms. The molecule has 0 aromatic heterocycles. The third-order valence-electron chi connectivity index (χ3n) is 5.43. The van der Waals surface area contributed by atoms with E-state index in [9.17, 15) is 8.78 Å². The summed E-state index contributed by atoms with van der Waals surface area (Å²) in [6, 6.07) is 3.59. The maximum absolute atomic E-state index is 14.2. The first-order valence-corrected chi connectivity index (χ1v) is 8.31. The standard InChI is InChI=1S/C20H24F2N2/c1-13(2)19-14(3)20(5)9-6-10-24(20)23(15(19)4)12-16-11-17(21)7-8-18(16)22/h7-8,11H,1,4,6,9-10,12H2,2-3,5H3. The number of nitrogens with zero attached hydrogens (tertiary/aromatic N) is 2. The summed E-state index contributed by atoms with van der Waals surface area (Å²) >= 11 is 0. The fourth-order valence-electron chi connectivity index (χ4n) is 4.05. The number of benzene rings is 1. The van der Waals surface area contributed by atoms with Crippen LogP contribution < -0.4 is 0 Å². The van der Waals surface area contributed by atoms with Gasteiger partial charge in [-0.3, -0.25) is 0 Å². The minimum Gasteiger partial charge on any atom is -0.300 e. The summed E-state index contributed by atoms with van der Waals surface area (Å²) in [5.41, 5.74) is 4.28. The molecule has 2 nitrogen and oxygen atoms in total. The Morgan fingerprint density at radius 3 is 2.71 bits per heavy atom. The first kappa shape index (κ1) is 16.9. The van der Waals surface area contributed by atoms with E-state index in [0.717, 1.165) is 42.3 Å². The summed E-state index contributed by atoms with van der Waals surface area (Å²) in [5, 5.41) is 4.25. The molecule has 0 N–H and O–H groups in total. The van der Waals surface area contributed by atoms with Gasteiger partial charge in [-0.15, -0.1) is 0 Å². The molecule has 0 radical (unpaired) electrons. The largest absolute Gasteiger partial charge is 0.300 e. The van der Waals surface area contributed by atoms with Gasteiger partial charge in [0.15, 0.2) is 0 Å².